The highest BCUT2D eigenvalue weighted by Gasteiger charge is 2.33. The molecule has 5 nitrogen and oxygen atoms in total. The highest BCUT2D eigenvalue weighted by Crippen LogP contribution is 2.34. The van der Waals surface area contributed by atoms with E-state index in [1.54, 1.807) is 0 Å². The van der Waals surface area contributed by atoms with Crippen molar-refractivity contribution in [2.24, 2.45) is 0 Å². The summed E-state index contributed by atoms with van der Waals surface area (Å²) in [6.45, 7) is 0. The van der Waals surface area contributed by atoms with E-state index in [4.69, 9.17) is 5.11 Å². The summed E-state index contributed by atoms with van der Waals surface area (Å²) in [7, 11) is 0. The van der Waals surface area contributed by atoms with E-state index < -0.39 is 40.3 Å². The van der Waals surface area contributed by atoms with Crippen LogP contribution in [0.2, 0.25) is 0 Å². The van der Waals surface area contributed by atoms with E-state index in [9.17, 15) is 28.1 Å². The first kappa shape index (κ1) is 14.7. The molecule has 0 bridgehead atoms. The van der Waals surface area contributed by atoms with E-state index in [1.807, 2.05) is 0 Å². The van der Waals surface area contributed by atoms with Crippen LogP contribution in [0.1, 0.15) is 17.5 Å². The van der Waals surface area contributed by atoms with Crippen molar-refractivity contribution in [3.05, 3.63) is 45.5 Å². The SMILES string of the molecule is O=C(O)CC=Cc1cc([N+](=O)[O-])ccc1C(F)(F)F. The maximum atomic E-state index is 12.6. The zero-order valence-corrected chi connectivity index (χ0v) is 9.35. The van der Waals surface area contributed by atoms with E-state index in [0.717, 1.165) is 24.3 Å². The van der Waals surface area contributed by atoms with Gasteiger partial charge in [0, 0.05) is 12.1 Å². The zero-order chi connectivity index (χ0) is 14.6. The number of halogens is 3. The molecule has 0 aliphatic carbocycles. The summed E-state index contributed by atoms with van der Waals surface area (Å²) in [6, 6.07) is 2.09. The van der Waals surface area contributed by atoms with Gasteiger partial charge in [0.25, 0.3) is 5.69 Å². The van der Waals surface area contributed by atoms with Gasteiger partial charge in [-0.1, -0.05) is 12.2 Å². The Bertz CT molecular complexity index is 537. The van der Waals surface area contributed by atoms with Crippen LogP contribution in [0.25, 0.3) is 6.08 Å². The second kappa shape index (κ2) is 5.51. The Morgan fingerprint density at radius 3 is 2.53 bits per heavy atom. The third-order valence-electron chi connectivity index (χ3n) is 2.14. The molecule has 0 saturated heterocycles. The molecule has 0 amide bonds. The molecule has 0 unspecified atom stereocenters. The number of carbonyl (C=O) groups is 1. The Hall–Kier alpha value is -2.38. The van der Waals surface area contributed by atoms with Crippen LogP contribution in [0.5, 0.6) is 0 Å². The lowest BCUT2D eigenvalue weighted by Crippen LogP contribution is -2.07. The van der Waals surface area contributed by atoms with Gasteiger partial charge in [-0.2, -0.15) is 13.2 Å². The molecule has 1 rings (SSSR count). The van der Waals surface area contributed by atoms with Crippen LogP contribution in [0.4, 0.5) is 18.9 Å². The number of aliphatic carboxylic acids is 1. The van der Waals surface area contributed by atoms with Crippen molar-refractivity contribution in [2.75, 3.05) is 0 Å². The summed E-state index contributed by atoms with van der Waals surface area (Å²) in [5.41, 5.74) is -1.99. The summed E-state index contributed by atoms with van der Waals surface area (Å²) in [5.74, 6) is -1.21. The maximum Gasteiger partial charge on any atom is 0.416 e. The quantitative estimate of drug-likeness (QED) is 0.676. The lowest BCUT2D eigenvalue weighted by Gasteiger charge is -2.09. The van der Waals surface area contributed by atoms with Crippen LogP contribution >= 0.6 is 0 Å². The van der Waals surface area contributed by atoms with Crippen molar-refractivity contribution in [1.29, 1.82) is 0 Å². The van der Waals surface area contributed by atoms with Crippen molar-refractivity contribution < 1.29 is 28.0 Å². The Kier molecular flexibility index (Phi) is 4.26. The van der Waals surface area contributed by atoms with Gasteiger partial charge in [-0.05, 0) is 11.6 Å². The summed E-state index contributed by atoms with van der Waals surface area (Å²) < 4.78 is 37.9. The smallest absolute Gasteiger partial charge is 0.416 e. The highest BCUT2D eigenvalue weighted by atomic mass is 19.4. The van der Waals surface area contributed by atoms with Gasteiger partial charge in [0.2, 0.25) is 0 Å². The largest absolute Gasteiger partial charge is 0.481 e. The van der Waals surface area contributed by atoms with Crippen LogP contribution < -0.4 is 0 Å². The van der Waals surface area contributed by atoms with Crippen molar-refractivity contribution in [3.63, 3.8) is 0 Å². The maximum absolute atomic E-state index is 12.6. The third-order valence-corrected chi connectivity index (χ3v) is 2.14. The van der Waals surface area contributed by atoms with Gasteiger partial charge in [0.05, 0.1) is 16.9 Å². The average Bonchev–Trinajstić information content (AvgIpc) is 2.26. The van der Waals surface area contributed by atoms with Gasteiger partial charge in [-0.25, -0.2) is 0 Å². The van der Waals surface area contributed by atoms with Crippen LogP contribution in [0.3, 0.4) is 0 Å². The molecule has 0 fully saturated rings. The minimum Gasteiger partial charge on any atom is -0.481 e. The number of alkyl halides is 3. The number of hydrogen-bond acceptors (Lipinski definition) is 3. The Morgan fingerprint density at radius 1 is 1.42 bits per heavy atom. The second-order valence-electron chi connectivity index (χ2n) is 3.53. The lowest BCUT2D eigenvalue weighted by molar-refractivity contribution is -0.384. The summed E-state index contributed by atoms with van der Waals surface area (Å²) in [5, 5.41) is 18.9. The van der Waals surface area contributed by atoms with Crippen molar-refractivity contribution in [2.45, 2.75) is 12.6 Å². The molecule has 8 heteroatoms. The number of benzene rings is 1. The van der Waals surface area contributed by atoms with Gasteiger partial charge >= 0.3 is 12.1 Å². The van der Waals surface area contributed by atoms with Crippen molar-refractivity contribution in [1.82, 2.24) is 0 Å². The van der Waals surface area contributed by atoms with E-state index in [1.165, 1.54) is 0 Å². The number of nitro groups is 1. The van der Waals surface area contributed by atoms with Gasteiger partial charge in [0.1, 0.15) is 0 Å². The van der Waals surface area contributed by atoms with E-state index in [-0.39, 0.29) is 0 Å². The normalized spacial score (nSPS) is 11.7. The summed E-state index contributed by atoms with van der Waals surface area (Å²) in [6.07, 6.45) is -3.24. The molecule has 0 heterocycles. The molecule has 0 aliphatic rings. The minimum atomic E-state index is -4.67. The molecule has 1 aromatic carbocycles. The van der Waals surface area contributed by atoms with Crippen LogP contribution in [0, 0.1) is 10.1 Å². The fourth-order valence-electron chi connectivity index (χ4n) is 1.35. The molecule has 0 saturated carbocycles. The molecule has 0 radical (unpaired) electrons. The van der Waals surface area contributed by atoms with Crippen LogP contribution in [0.15, 0.2) is 24.3 Å². The standard InChI is InChI=1S/C11H8F3NO4/c12-11(13,14)9-5-4-8(15(18)19)6-7(9)2-1-3-10(16)17/h1-2,4-6H,3H2,(H,16,17). The third kappa shape index (κ3) is 4.09. The second-order valence-corrected chi connectivity index (χ2v) is 3.53. The average molecular weight is 275 g/mol. The van der Waals surface area contributed by atoms with E-state index >= 15 is 0 Å². The fourth-order valence-corrected chi connectivity index (χ4v) is 1.35. The number of nitrogens with zero attached hydrogens (tertiary/aromatic N) is 1. The lowest BCUT2D eigenvalue weighted by atomic mass is 10.1. The first-order chi connectivity index (χ1) is 8.71. The Balaban J connectivity index is 3.22. The number of hydrogen-bond donors (Lipinski definition) is 1. The molecule has 19 heavy (non-hydrogen) atoms. The van der Waals surface area contributed by atoms with Gasteiger partial charge in [-0.15, -0.1) is 0 Å². The molecular weight excluding hydrogens is 267 g/mol. The van der Waals surface area contributed by atoms with Crippen LogP contribution in [-0.4, -0.2) is 16.0 Å². The number of non-ortho nitro benzene ring substituents is 1. The predicted octanol–water partition coefficient (Wildman–Crippen LogP) is 3.10. The molecular formula is C11H8F3NO4. The molecule has 0 atom stereocenters. The monoisotopic (exact) mass is 275 g/mol. The van der Waals surface area contributed by atoms with E-state index in [2.05, 4.69) is 0 Å². The number of carboxylic acids is 1. The van der Waals surface area contributed by atoms with Crippen LogP contribution in [-0.2, 0) is 11.0 Å². The van der Waals surface area contributed by atoms with Crippen molar-refractivity contribution >= 4 is 17.7 Å². The number of nitro benzene ring substituents is 1. The molecule has 0 spiro atoms. The van der Waals surface area contributed by atoms with Gasteiger partial charge in [-0.3, -0.25) is 14.9 Å². The Morgan fingerprint density at radius 2 is 2.05 bits per heavy atom. The molecule has 0 aromatic heterocycles. The first-order valence-electron chi connectivity index (χ1n) is 4.96. The van der Waals surface area contributed by atoms with Crippen molar-refractivity contribution in [3.8, 4) is 0 Å². The molecule has 102 valence electrons. The topological polar surface area (TPSA) is 80.4 Å². The molecule has 0 aliphatic heterocycles. The summed E-state index contributed by atoms with van der Waals surface area (Å²) >= 11 is 0. The minimum absolute atomic E-state index is 0.442. The van der Waals surface area contributed by atoms with E-state index in [0.29, 0.717) is 6.07 Å². The van der Waals surface area contributed by atoms with Gasteiger partial charge in [0.15, 0.2) is 0 Å². The summed E-state index contributed by atoms with van der Waals surface area (Å²) in [4.78, 5) is 19.9. The number of rotatable bonds is 4. The van der Waals surface area contributed by atoms with Gasteiger partial charge < -0.3 is 5.11 Å². The molecule has 1 aromatic rings. The zero-order valence-electron chi connectivity index (χ0n) is 9.35. The first-order valence-corrected chi connectivity index (χ1v) is 4.96. The number of carboxylic acid groups (broad SMARTS) is 1. The highest BCUT2D eigenvalue weighted by molar-refractivity contribution is 5.71. The Labute approximate surface area is 105 Å². The fraction of sp³-hybridized carbons (Fsp3) is 0.182. The molecule has 1 N–H and O–H groups in total. The predicted molar refractivity (Wildman–Crippen MR) is 59.4 cm³/mol.